The number of aliphatic carboxylic acids is 1. The third-order valence-electron chi connectivity index (χ3n) is 2.81. The van der Waals surface area contributed by atoms with E-state index < -0.39 is 18.1 Å². The van der Waals surface area contributed by atoms with Gasteiger partial charge in [0.1, 0.15) is 12.6 Å². The maximum atomic E-state index is 11.4. The lowest BCUT2D eigenvalue weighted by Gasteiger charge is -2.08. The van der Waals surface area contributed by atoms with Gasteiger partial charge in [0.2, 0.25) is 0 Å². The van der Waals surface area contributed by atoms with Crippen molar-refractivity contribution in [3.8, 4) is 0 Å². The first-order valence-electron chi connectivity index (χ1n) is 6.62. The Labute approximate surface area is 137 Å². The highest BCUT2D eigenvalue weighted by Crippen LogP contribution is 2.07. The molecule has 1 rings (SSSR count). The van der Waals surface area contributed by atoms with Crippen molar-refractivity contribution in [2.45, 2.75) is 31.9 Å². The van der Waals surface area contributed by atoms with Gasteiger partial charge in [0.15, 0.2) is 0 Å². The van der Waals surface area contributed by atoms with Crippen molar-refractivity contribution in [3.63, 3.8) is 0 Å². The fourth-order valence-corrected chi connectivity index (χ4v) is 1.94. The van der Waals surface area contributed by atoms with E-state index in [0.29, 0.717) is 25.8 Å². The monoisotopic (exact) mass is 406 g/mol. The highest BCUT2D eigenvalue weighted by atomic mass is 127. The number of rotatable bonds is 8. The second kappa shape index (κ2) is 9.56. The van der Waals surface area contributed by atoms with E-state index >= 15 is 0 Å². The summed E-state index contributed by atoms with van der Waals surface area (Å²) in [6.07, 6.45) is 1.23. The van der Waals surface area contributed by atoms with E-state index in [1.165, 1.54) is 0 Å². The molecule has 7 heteroatoms. The van der Waals surface area contributed by atoms with Crippen molar-refractivity contribution in [1.82, 2.24) is 5.32 Å². The quantitative estimate of drug-likeness (QED) is 0.454. The summed E-state index contributed by atoms with van der Waals surface area (Å²) >= 11 is 2.21. The Morgan fingerprint density at radius 3 is 2.57 bits per heavy atom. The summed E-state index contributed by atoms with van der Waals surface area (Å²) < 4.78 is 6.19. The summed E-state index contributed by atoms with van der Waals surface area (Å²) in [6, 6.07) is 6.87. The molecular weight excluding hydrogens is 387 g/mol. The largest absolute Gasteiger partial charge is 0.480 e. The first kappa shape index (κ1) is 17.7. The maximum absolute atomic E-state index is 11.4. The molecule has 0 bridgehead atoms. The smallest absolute Gasteiger partial charge is 0.407 e. The van der Waals surface area contributed by atoms with Gasteiger partial charge in [-0.25, -0.2) is 4.79 Å². The zero-order valence-corrected chi connectivity index (χ0v) is 13.7. The lowest BCUT2D eigenvalue weighted by Crippen LogP contribution is -2.30. The van der Waals surface area contributed by atoms with Gasteiger partial charge in [0, 0.05) is 10.1 Å². The van der Waals surface area contributed by atoms with E-state index in [4.69, 9.17) is 15.6 Å². The van der Waals surface area contributed by atoms with Crippen molar-refractivity contribution in [2.75, 3.05) is 6.54 Å². The minimum atomic E-state index is -1.00. The Bertz CT molecular complexity index is 465. The van der Waals surface area contributed by atoms with Gasteiger partial charge in [0.25, 0.3) is 0 Å². The van der Waals surface area contributed by atoms with Crippen molar-refractivity contribution in [1.29, 1.82) is 0 Å². The van der Waals surface area contributed by atoms with Gasteiger partial charge in [-0.1, -0.05) is 12.1 Å². The number of hydrogen-bond acceptors (Lipinski definition) is 4. The highest BCUT2D eigenvalue weighted by molar-refractivity contribution is 14.1. The van der Waals surface area contributed by atoms with Crippen LogP contribution in [-0.2, 0) is 16.1 Å². The van der Waals surface area contributed by atoms with Crippen LogP contribution in [0, 0.1) is 3.57 Å². The summed E-state index contributed by atoms with van der Waals surface area (Å²) in [7, 11) is 0. The molecule has 4 N–H and O–H groups in total. The van der Waals surface area contributed by atoms with Gasteiger partial charge >= 0.3 is 12.1 Å². The van der Waals surface area contributed by atoms with Gasteiger partial charge in [-0.2, -0.15) is 0 Å². The predicted molar refractivity (Wildman–Crippen MR) is 86.8 cm³/mol. The number of alkyl carbamates (subject to hydrolysis) is 1. The van der Waals surface area contributed by atoms with E-state index in [1.54, 1.807) is 0 Å². The molecular formula is C14H19IN2O4. The molecule has 0 aliphatic carbocycles. The number of ether oxygens (including phenoxy) is 1. The van der Waals surface area contributed by atoms with Crippen LogP contribution < -0.4 is 11.1 Å². The molecule has 1 amide bonds. The van der Waals surface area contributed by atoms with E-state index in [-0.39, 0.29) is 6.61 Å². The molecule has 0 saturated carbocycles. The van der Waals surface area contributed by atoms with Gasteiger partial charge in [-0.15, -0.1) is 0 Å². The number of amides is 1. The first-order valence-corrected chi connectivity index (χ1v) is 7.70. The van der Waals surface area contributed by atoms with Crippen molar-refractivity contribution in [3.05, 3.63) is 33.4 Å². The lowest BCUT2D eigenvalue weighted by molar-refractivity contribution is -0.138. The predicted octanol–water partition coefficient (Wildman–Crippen LogP) is 2.10. The molecule has 1 aromatic carbocycles. The number of carboxylic acid groups (broad SMARTS) is 1. The van der Waals surface area contributed by atoms with Gasteiger partial charge in [0.05, 0.1) is 0 Å². The Hall–Kier alpha value is -1.35. The number of carbonyl (C=O) groups excluding carboxylic acids is 1. The molecule has 0 unspecified atom stereocenters. The minimum absolute atomic E-state index is 0.229. The average molecular weight is 406 g/mol. The number of hydrogen-bond donors (Lipinski definition) is 3. The SMILES string of the molecule is N[C@@H](CCCCNC(=O)OCc1ccc(I)cc1)C(=O)O. The van der Waals surface area contributed by atoms with Gasteiger partial charge in [-0.3, -0.25) is 4.79 Å². The summed E-state index contributed by atoms with van der Waals surface area (Å²) in [5.74, 6) is -1.00. The van der Waals surface area contributed by atoms with Crippen LogP contribution in [0.15, 0.2) is 24.3 Å². The molecule has 0 spiro atoms. The van der Waals surface area contributed by atoms with Crippen LogP contribution in [0.5, 0.6) is 0 Å². The summed E-state index contributed by atoms with van der Waals surface area (Å²) in [5.41, 5.74) is 6.30. The summed E-state index contributed by atoms with van der Waals surface area (Å²) in [6.45, 7) is 0.671. The zero-order valence-electron chi connectivity index (χ0n) is 11.5. The molecule has 21 heavy (non-hydrogen) atoms. The van der Waals surface area contributed by atoms with Crippen molar-refractivity contribution >= 4 is 34.7 Å². The Morgan fingerprint density at radius 1 is 1.29 bits per heavy atom. The third-order valence-corrected chi connectivity index (χ3v) is 3.53. The number of unbranched alkanes of at least 4 members (excludes halogenated alkanes) is 1. The van der Waals surface area contributed by atoms with Crippen LogP contribution in [0.4, 0.5) is 4.79 Å². The molecule has 0 aromatic heterocycles. The molecule has 0 heterocycles. The molecule has 116 valence electrons. The number of nitrogens with one attached hydrogen (secondary N) is 1. The van der Waals surface area contributed by atoms with Crippen molar-refractivity contribution in [2.24, 2.45) is 5.73 Å². The fourth-order valence-electron chi connectivity index (χ4n) is 1.58. The molecule has 1 aromatic rings. The van der Waals surface area contributed by atoms with Crippen LogP contribution in [0.25, 0.3) is 0 Å². The number of carbonyl (C=O) groups is 2. The molecule has 1 atom stereocenters. The molecule has 6 nitrogen and oxygen atoms in total. The Balaban J connectivity index is 2.09. The number of halogens is 1. The second-order valence-electron chi connectivity index (χ2n) is 4.57. The van der Waals surface area contributed by atoms with E-state index in [1.807, 2.05) is 24.3 Å². The number of nitrogens with two attached hydrogens (primary N) is 1. The fraction of sp³-hybridized carbons (Fsp3) is 0.429. The third kappa shape index (κ3) is 7.86. The first-order chi connectivity index (χ1) is 9.99. The second-order valence-corrected chi connectivity index (χ2v) is 5.82. The summed E-state index contributed by atoms with van der Waals surface area (Å²) in [4.78, 5) is 21.9. The van der Waals surface area contributed by atoms with E-state index in [9.17, 15) is 9.59 Å². The van der Waals surface area contributed by atoms with E-state index in [0.717, 1.165) is 9.13 Å². The molecule has 0 aliphatic heterocycles. The van der Waals surface area contributed by atoms with Crippen LogP contribution in [0.3, 0.4) is 0 Å². The number of benzene rings is 1. The Morgan fingerprint density at radius 2 is 1.95 bits per heavy atom. The van der Waals surface area contributed by atoms with Gasteiger partial charge in [-0.05, 0) is 59.5 Å². The summed E-state index contributed by atoms with van der Waals surface area (Å²) in [5, 5.41) is 11.2. The average Bonchev–Trinajstić information content (AvgIpc) is 2.46. The maximum Gasteiger partial charge on any atom is 0.407 e. The standard InChI is InChI=1S/C14H19IN2O4/c15-11-6-4-10(5-7-11)9-21-14(20)17-8-2-1-3-12(16)13(18)19/h4-7,12H,1-3,8-9,16H2,(H,17,20)(H,18,19)/t12-/m0/s1. The Kier molecular flexibility index (Phi) is 8.06. The van der Waals surface area contributed by atoms with Crippen LogP contribution in [0.2, 0.25) is 0 Å². The lowest BCUT2D eigenvalue weighted by atomic mass is 10.1. The van der Waals surface area contributed by atoms with E-state index in [2.05, 4.69) is 27.9 Å². The van der Waals surface area contributed by atoms with Crippen LogP contribution in [0.1, 0.15) is 24.8 Å². The topological polar surface area (TPSA) is 102 Å². The molecule has 0 saturated heterocycles. The zero-order chi connectivity index (χ0) is 15.7. The molecule has 0 radical (unpaired) electrons. The normalized spacial score (nSPS) is 11.7. The highest BCUT2D eigenvalue weighted by Gasteiger charge is 2.10. The number of carboxylic acids is 1. The molecule has 0 fully saturated rings. The van der Waals surface area contributed by atoms with Crippen molar-refractivity contribution < 1.29 is 19.4 Å². The van der Waals surface area contributed by atoms with Gasteiger partial charge < -0.3 is 20.9 Å². The minimum Gasteiger partial charge on any atom is -0.480 e. The molecule has 0 aliphatic rings. The van der Waals surface area contributed by atoms with Crippen LogP contribution in [-0.4, -0.2) is 29.8 Å². The van der Waals surface area contributed by atoms with Crippen LogP contribution >= 0.6 is 22.6 Å².